The Bertz CT molecular complexity index is 809. The molecular weight excluding hydrogens is 381 g/mol. The minimum atomic E-state index is -4.65. The number of hydrogen-bond donors (Lipinski definition) is 8. The Morgan fingerprint density at radius 1 is 1.33 bits per heavy atom. The summed E-state index contributed by atoms with van der Waals surface area (Å²) in [5.41, 5.74) is 5.22. The average Bonchev–Trinajstić information content (AvgIpc) is 2.47. The fourth-order valence-electron chi connectivity index (χ4n) is 2.35. The number of aromatic amines is 1. The van der Waals surface area contributed by atoms with E-state index in [1.807, 2.05) is 0 Å². The van der Waals surface area contributed by atoms with Gasteiger partial charge in [-0.05, 0) is 0 Å². The fourth-order valence-corrected chi connectivity index (χ4v) is 3.30. The molecule has 1 aromatic rings. The molecule has 0 bridgehead atoms. The second kappa shape index (κ2) is 6.26. The molecule has 0 saturated carbocycles. The van der Waals surface area contributed by atoms with Crippen molar-refractivity contribution in [2.45, 2.75) is 18.4 Å². The second-order valence-corrected chi connectivity index (χ2v) is 7.25. The van der Waals surface area contributed by atoms with Crippen molar-refractivity contribution in [2.75, 3.05) is 23.0 Å². The largest absolute Gasteiger partial charge is 0.469 e. The van der Waals surface area contributed by atoms with Gasteiger partial charge in [-0.2, -0.15) is 4.98 Å². The molecule has 0 unspecified atom stereocenters. The first-order valence-corrected chi connectivity index (χ1v) is 8.98. The Kier molecular flexibility index (Phi) is 4.59. The summed E-state index contributed by atoms with van der Waals surface area (Å²) in [6.45, 7) is -0.421. The van der Waals surface area contributed by atoms with E-state index in [2.05, 4.69) is 50.4 Å². The van der Waals surface area contributed by atoms with Gasteiger partial charge in [0.1, 0.15) is 17.8 Å². The Labute approximate surface area is 146 Å². The highest BCUT2D eigenvalue weighted by Gasteiger charge is 2.40. The summed E-state index contributed by atoms with van der Waals surface area (Å²) in [6, 6.07) is -0.550. The third-order valence-electron chi connectivity index (χ3n) is 3.39. The average molecular weight is 395 g/mol. The van der Waals surface area contributed by atoms with E-state index in [4.69, 9.17) is 20.3 Å². The van der Waals surface area contributed by atoms with E-state index in [0.717, 1.165) is 0 Å². The van der Waals surface area contributed by atoms with Gasteiger partial charge < -0.3 is 30.9 Å². The summed E-state index contributed by atoms with van der Waals surface area (Å²) in [6.07, 6.45) is -1.58. The maximum Gasteiger partial charge on any atom is 0.469 e. The predicted molar refractivity (Wildman–Crippen MR) is 92.0 cm³/mol. The van der Waals surface area contributed by atoms with Gasteiger partial charge in [-0.15, -0.1) is 25.3 Å². The molecule has 14 heteroatoms. The van der Waals surface area contributed by atoms with Crippen molar-refractivity contribution in [3.05, 3.63) is 20.2 Å². The number of aromatic nitrogens is 2. The van der Waals surface area contributed by atoms with Gasteiger partial charge >= 0.3 is 7.82 Å². The maximum absolute atomic E-state index is 11.9. The number of phosphoric acid groups is 1. The number of fused-ring (bicyclic) bond motifs is 2. The zero-order valence-corrected chi connectivity index (χ0v) is 14.5. The molecule has 0 fully saturated rings. The first kappa shape index (κ1) is 17.6. The number of rotatable bonds is 3. The van der Waals surface area contributed by atoms with Gasteiger partial charge in [0.2, 0.25) is 5.95 Å². The number of phosphoric ester groups is 1. The number of ether oxygens (including phenoxy) is 1. The quantitative estimate of drug-likeness (QED) is 0.245. The van der Waals surface area contributed by atoms with E-state index in [1.165, 1.54) is 0 Å². The van der Waals surface area contributed by atoms with Crippen molar-refractivity contribution in [2.24, 2.45) is 0 Å². The molecule has 132 valence electrons. The van der Waals surface area contributed by atoms with Crippen molar-refractivity contribution < 1.29 is 23.6 Å². The topological polar surface area (TPSA) is 172 Å². The number of anilines is 3. The summed E-state index contributed by atoms with van der Waals surface area (Å²) >= 11 is 8.63. The Hall–Kier alpha value is -1.21. The molecule has 1 aromatic heterocycles. The minimum absolute atomic E-state index is 0.0692. The highest BCUT2D eigenvalue weighted by molar-refractivity contribution is 7.88. The van der Waals surface area contributed by atoms with Crippen molar-refractivity contribution in [1.82, 2.24) is 9.97 Å². The molecule has 24 heavy (non-hydrogen) atoms. The standard InChI is InChI=1S/C10H14N5O6PS2/c11-10-14-7-4(8(16)15-10)12-3-6(24)5(23)2(21-9(3)13-7)1-20-22(17,18)19/h2-3,9,12,23-24H,1H2,(H2,17,18,19)(H4,11,13,14,15,16)/t2-,3-,9+/m0/s1. The normalized spacial score (nSPS) is 26.2. The number of hydrogen-bond acceptors (Lipinski definition) is 10. The van der Waals surface area contributed by atoms with Crippen molar-refractivity contribution in [3.8, 4) is 0 Å². The monoisotopic (exact) mass is 395 g/mol. The van der Waals surface area contributed by atoms with Gasteiger partial charge in [-0.25, -0.2) is 4.57 Å². The molecule has 0 amide bonds. The lowest BCUT2D eigenvalue weighted by molar-refractivity contribution is -0.0153. The molecule has 0 aromatic carbocycles. The van der Waals surface area contributed by atoms with Crippen LogP contribution in [0.3, 0.4) is 0 Å². The highest BCUT2D eigenvalue weighted by Crippen LogP contribution is 2.40. The van der Waals surface area contributed by atoms with Gasteiger partial charge in [0.05, 0.1) is 6.61 Å². The molecule has 0 saturated heterocycles. The van der Waals surface area contributed by atoms with Crippen LogP contribution in [0.5, 0.6) is 0 Å². The molecule has 0 radical (unpaired) electrons. The van der Waals surface area contributed by atoms with Gasteiger partial charge in [0.15, 0.2) is 12.0 Å². The number of nitrogens with one attached hydrogen (secondary N) is 3. The van der Waals surface area contributed by atoms with E-state index in [9.17, 15) is 9.36 Å². The van der Waals surface area contributed by atoms with Crippen LogP contribution < -0.4 is 21.9 Å². The number of nitrogens with two attached hydrogens (primary N) is 1. The lowest BCUT2D eigenvalue weighted by Gasteiger charge is -2.41. The van der Waals surface area contributed by atoms with Crippen LogP contribution >= 0.6 is 33.1 Å². The second-order valence-electron chi connectivity index (χ2n) is 5.04. The summed E-state index contributed by atoms with van der Waals surface area (Å²) in [7, 11) is -4.65. The number of nitrogen functional groups attached to an aromatic ring is 1. The lowest BCUT2D eigenvalue weighted by atomic mass is 10.1. The van der Waals surface area contributed by atoms with Crippen LogP contribution in [0.25, 0.3) is 0 Å². The number of nitrogens with zero attached hydrogens (tertiary/aromatic N) is 1. The minimum Gasteiger partial charge on any atom is -0.369 e. The summed E-state index contributed by atoms with van der Waals surface area (Å²) in [5.74, 6) is 0.121. The predicted octanol–water partition coefficient (Wildman–Crippen LogP) is -0.537. The smallest absolute Gasteiger partial charge is 0.369 e. The third kappa shape index (κ3) is 3.42. The van der Waals surface area contributed by atoms with Crippen LogP contribution in [0.2, 0.25) is 0 Å². The lowest BCUT2D eigenvalue weighted by Crippen LogP contribution is -2.52. The van der Waals surface area contributed by atoms with E-state index in [1.54, 1.807) is 0 Å². The molecule has 0 spiro atoms. The molecule has 3 heterocycles. The van der Waals surface area contributed by atoms with Gasteiger partial charge in [-0.1, -0.05) is 0 Å². The van der Waals surface area contributed by atoms with E-state index in [-0.39, 0.29) is 17.5 Å². The molecule has 2 aliphatic rings. The summed E-state index contributed by atoms with van der Waals surface area (Å²) in [5, 5.41) is 5.84. The maximum atomic E-state index is 11.9. The zero-order valence-electron chi connectivity index (χ0n) is 11.8. The van der Waals surface area contributed by atoms with Crippen molar-refractivity contribution in [1.29, 1.82) is 0 Å². The molecule has 11 nitrogen and oxygen atoms in total. The molecule has 3 atom stereocenters. The highest BCUT2D eigenvalue weighted by atomic mass is 32.1. The van der Waals surface area contributed by atoms with E-state index in [0.29, 0.717) is 9.81 Å². The Morgan fingerprint density at radius 3 is 2.71 bits per heavy atom. The van der Waals surface area contributed by atoms with Crippen LogP contribution in [0.1, 0.15) is 0 Å². The molecule has 3 rings (SSSR count). The van der Waals surface area contributed by atoms with Crippen molar-refractivity contribution in [3.63, 3.8) is 0 Å². The first-order valence-electron chi connectivity index (χ1n) is 6.56. The van der Waals surface area contributed by atoms with Crippen LogP contribution in [0.15, 0.2) is 14.6 Å². The van der Waals surface area contributed by atoms with Crippen LogP contribution in [-0.4, -0.2) is 44.7 Å². The molecule has 7 N–H and O–H groups in total. The fraction of sp³-hybridized carbons (Fsp3) is 0.400. The summed E-state index contributed by atoms with van der Waals surface area (Å²) in [4.78, 5) is 36.7. The van der Waals surface area contributed by atoms with E-state index < -0.39 is 38.4 Å². The number of thiol groups is 2. The van der Waals surface area contributed by atoms with Crippen LogP contribution in [0.4, 0.5) is 17.5 Å². The first-order chi connectivity index (χ1) is 11.2. The SMILES string of the molecule is Nc1nc2c(c(=O)[nH]1)N[C@H]1C(S)=C(S)[C@H](COP(=O)(O)O)O[C@H]1N2. The Balaban J connectivity index is 1.88. The Morgan fingerprint density at radius 2 is 2.04 bits per heavy atom. The van der Waals surface area contributed by atoms with Gasteiger partial charge in [0, 0.05) is 9.81 Å². The van der Waals surface area contributed by atoms with Crippen molar-refractivity contribution >= 4 is 50.5 Å². The van der Waals surface area contributed by atoms with Crippen LogP contribution in [-0.2, 0) is 13.8 Å². The number of H-pyrrole nitrogens is 1. The van der Waals surface area contributed by atoms with Crippen LogP contribution in [0, 0.1) is 0 Å². The molecular formula is C10H14N5O6PS2. The third-order valence-corrected chi connectivity index (χ3v) is 5.10. The van der Waals surface area contributed by atoms with E-state index >= 15 is 0 Å². The summed E-state index contributed by atoms with van der Waals surface area (Å²) < 4.78 is 21.0. The molecule has 0 aliphatic carbocycles. The van der Waals surface area contributed by atoms with Gasteiger partial charge in [0.25, 0.3) is 5.56 Å². The molecule has 2 aliphatic heterocycles. The van der Waals surface area contributed by atoms with Gasteiger partial charge in [-0.3, -0.25) is 14.3 Å². The zero-order chi connectivity index (χ0) is 17.6.